The van der Waals surface area contributed by atoms with Crippen molar-refractivity contribution in [2.75, 3.05) is 40.8 Å². The van der Waals surface area contributed by atoms with Gasteiger partial charge >= 0.3 is 0 Å². The summed E-state index contributed by atoms with van der Waals surface area (Å²) >= 11 is 0. The summed E-state index contributed by atoms with van der Waals surface area (Å²) in [4.78, 5) is 16.0. The van der Waals surface area contributed by atoms with E-state index in [-0.39, 0.29) is 5.91 Å². The molecule has 1 fully saturated rings. The molecule has 0 aromatic rings. The molecule has 15 heavy (non-hydrogen) atoms. The summed E-state index contributed by atoms with van der Waals surface area (Å²) in [6.07, 6.45) is 1.09. The number of carbonyl (C=O) groups excluding carboxylic acids is 1. The van der Waals surface area contributed by atoms with Crippen LogP contribution in [0, 0.1) is 5.92 Å². The molecule has 1 aliphatic rings. The quantitative estimate of drug-likeness (QED) is 0.717. The van der Waals surface area contributed by atoms with Crippen molar-refractivity contribution >= 4 is 5.91 Å². The first-order chi connectivity index (χ1) is 7.06. The minimum atomic E-state index is 0.193. The van der Waals surface area contributed by atoms with Gasteiger partial charge in [-0.05, 0) is 33.0 Å². The van der Waals surface area contributed by atoms with Crippen molar-refractivity contribution in [3.63, 3.8) is 0 Å². The molecule has 4 nitrogen and oxygen atoms in total. The van der Waals surface area contributed by atoms with Crippen LogP contribution in [-0.2, 0) is 4.79 Å². The van der Waals surface area contributed by atoms with E-state index >= 15 is 0 Å². The number of hydrogen-bond donors (Lipinski definition) is 1. The van der Waals surface area contributed by atoms with Crippen molar-refractivity contribution in [1.82, 2.24) is 15.1 Å². The Morgan fingerprint density at radius 3 is 2.80 bits per heavy atom. The summed E-state index contributed by atoms with van der Waals surface area (Å²) in [5.41, 5.74) is 0. The number of amides is 1. The lowest BCUT2D eigenvalue weighted by molar-refractivity contribution is -0.132. The minimum Gasteiger partial charge on any atom is -0.341 e. The Kier molecular flexibility index (Phi) is 4.54. The van der Waals surface area contributed by atoms with Gasteiger partial charge in [0, 0.05) is 19.6 Å². The van der Waals surface area contributed by atoms with E-state index in [1.54, 1.807) is 0 Å². The van der Waals surface area contributed by atoms with E-state index < -0.39 is 0 Å². The number of hydrogen-bond acceptors (Lipinski definition) is 3. The highest BCUT2D eigenvalue weighted by molar-refractivity contribution is 5.78. The smallest absolute Gasteiger partial charge is 0.236 e. The lowest BCUT2D eigenvalue weighted by Gasteiger charge is -2.40. The van der Waals surface area contributed by atoms with Gasteiger partial charge in [0.25, 0.3) is 0 Å². The average Bonchev–Trinajstić information content (AvgIpc) is 2.17. The molecular formula is C11H23N3O. The van der Waals surface area contributed by atoms with Gasteiger partial charge in [0.1, 0.15) is 0 Å². The molecule has 1 aliphatic heterocycles. The van der Waals surface area contributed by atoms with Gasteiger partial charge in [-0.25, -0.2) is 0 Å². The van der Waals surface area contributed by atoms with Crippen LogP contribution >= 0.6 is 0 Å². The number of piperidine rings is 1. The molecular weight excluding hydrogens is 190 g/mol. The molecule has 1 rings (SSSR count). The highest BCUT2D eigenvalue weighted by Gasteiger charge is 2.29. The van der Waals surface area contributed by atoms with Crippen molar-refractivity contribution < 1.29 is 4.79 Å². The van der Waals surface area contributed by atoms with Crippen LogP contribution in [0.25, 0.3) is 0 Å². The molecule has 0 bridgehead atoms. The summed E-state index contributed by atoms with van der Waals surface area (Å²) < 4.78 is 0. The standard InChI is InChI=1S/C11H23N3O/c1-9-8-13(3)6-5-10(9)14(4)11(15)7-12-2/h9-10,12H,5-8H2,1-4H3. The third kappa shape index (κ3) is 3.18. The van der Waals surface area contributed by atoms with Gasteiger partial charge in [-0.2, -0.15) is 0 Å². The molecule has 0 aromatic carbocycles. The first-order valence-electron chi connectivity index (χ1n) is 5.65. The first kappa shape index (κ1) is 12.5. The Morgan fingerprint density at radius 2 is 2.27 bits per heavy atom. The highest BCUT2D eigenvalue weighted by atomic mass is 16.2. The van der Waals surface area contributed by atoms with Crippen LogP contribution in [0.1, 0.15) is 13.3 Å². The van der Waals surface area contributed by atoms with E-state index in [0.717, 1.165) is 19.5 Å². The van der Waals surface area contributed by atoms with Crippen LogP contribution in [0.3, 0.4) is 0 Å². The molecule has 0 saturated carbocycles. The number of nitrogens with zero attached hydrogens (tertiary/aromatic N) is 2. The predicted octanol–water partition coefficient (Wildman–Crippen LogP) is 0.00440. The lowest BCUT2D eigenvalue weighted by Crippen LogP contribution is -2.51. The highest BCUT2D eigenvalue weighted by Crippen LogP contribution is 2.20. The zero-order chi connectivity index (χ0) is 11.4. The van der Waals surface area contributed by atoms with E-state index in [4.69, 9.17) is 0 Å². The summed E-state index contributed by atoms with van der Waals surface area (Å²) in [5.74, 6) is 0.758. The topological polar surface area (TPSA) is 35.6 Å². The number of likely N-dealkylation sites (tertiary alicyclic amines) is 1. The lowest BCUT2D eigenvalue weighted by atomic mass is 9.93. The fraction of sp³-hybridized carbons (Fsp3) is 0.909. The first-order valence-corrected chi connectivity index (χ1v) is 5.65. The van der Waals surface area contributed by atoms with Gasteiger partial charge in [0.15, 0.2) is 0 Å². The van der Waals surface area contributed by atoms with Crippen molar-refractivity contribution in [3.8, 4) is 0 Å². The van der Waals surface area contributed by atoms with Crippen LogP contribution in [0.2, 0.25) is 0 Å². The average molecular weight is 213 g/mol. The van der Waals surface area contributed by atoms with E-state index in [9.17, 15) is 4.79 Å². The molecule has 0 aromatic heterocycles. The molecule has 1 amide bonds. The van der Waals surface area contributed by atoms with Crippen molar-refractivity contribution in [3.05, 3.63) is 0 Å². The maximum Gasteiger partial charge on any atom is 0.236 e. The maximum absolute atomic E-state index is 11.7. The van der Waals surface area contributed by atoms with E-state index in [0.29, 0.717) is 18.5 Å². The van der Waals surface area contributed by atoms with Gasteiger partial charge in [-0.15, -0.1) is 0 Å². The maximum atomic E-state index is 11.7. The zero-order valence-corrected chi connectivity index (χ0v) is 10.3. The largest absolute Gasteiger partial charge is 0.341 e. The molecule has 0 radical (unpaired) electrons. The van der Waals surface area contributed by atoms with Crippen molar-refractivity contribution in [2.45, 2.75) is 19.4 Å². The monoisotopic (exact) mass is 213 g/mol. The summed E-state index contributed by atoms with van der Waals surface area (Å²) in [6.45, 7) is 4.84. The molecule has 2 atom stereocenters. The van der Waals surface area contributed by atoms with Gasteiger partial charge in [-0.1, -0.05) is 6.92 Å². The Labute approximate surface area is 92.6 Å². The van der Waals surface area contributed by atoms with Crippen LogP contribution in [0.5, 0.6) is 0 Å². The van der Waals surface area contributed by atoms with Gasteiger partial charge in [0.2, 0.25) is 5.91 Å². The van der Waals surface area contributed by atoms with E-state index in [1.807, 2.05) is 19.0 Å². The van der Waals surface area contributed by atoms with Gasteiger partial charge < -0.3 is 15.1 Å². The molecule has 88 valence electrons. The Bertz CT molecular complexity index is 220. The summed E-state index contributed by atoms with van der Waals surface area (Å²) in [7, 11) is 5.87. The molecule has 1 saturated heterocycles. The van der Waals surface area contributed by atoms with E-state index in [1.165, 1.54) is 0 Å². The zero-order valence-electron chi connectivity index (χ0n) is 10.3. The van der Waals surface area contributed by atoms with Crippen LogP contribution in [0.15, 0.2) is 0 Å². The second-order valence-electron chi connectivity index (χ2n) is 4.63. The fourth-order valence-electron chi connectivity index (χ4n) is 2.38. The molecule has 1 heterocycles. The van der Waals surface area contributed by atoms with Crippen molar-refractivity contribution in [1.29, 1.82) is 0 Å². The third-order valence-corrected chi connectivity index (χ3v) is 3.28. The Balaban J connectivity index is 2.51. The molecule has 1 N–H and O–H groups in total. The Morgan fingerprint density at radius 1 is 1.60 bits per heavy atom. The van der Waals surface area contributed by atoms with E-state index in [2.05, 4.69) is 24.2 Å². The third-order valence-electron chi connectivity index (χ3n) is 3.28. The minimum absolute atomic E-state index is 0.193. The SMILES string of the molecule is CNCC(=O)N(C)C1CCN(C)CC1C. The molecule has 0 aliphatic carbocycles. The fourth-order valence-corrected chi connectivity index (χ4v) is 2.38. The second kappa shape index (κ2) is 5.47. The number of rotatable bonds is 3. The number of likely N-dealkylation sites (N-methyl/N-ethyl adjacent to an activating group) is 2. The molecule has 2 unspecified atom stereocenters. The predicted molar refractivity (Wildman–Crippen MR) is 61.8 cm³/mol. The molecule has 4 heteroatoms. The van der Waals surface area contributed by atoms with Crippen molar-refractivity contribution in [2.24, 2.45) is 5.92 Å². The summed E-state index contributed by atoms with van der Waals surface area (Å²) in [5, 5.41) is 2.91. The normalized spacial score (nSPS) is 27.7. The van der Waals surface area contributed by atoms with Crippen LogP contribution < -0.4 is 5.32 Å². The molecule has 0 spiro atoms. The van der Waals surface area contributed by atoms with Gasteiger partial charge in [-0.3, -0.25) is 4.79 Å². The summed E-state index contributed by atoms with van der Waals surface area (Å²) in [6, 6.07) is 0.405. The van der Waals surface area contributed by atoms with Crippen LogP contribution in [0.4, 0.5) is 0 Å². The number of nitrogens with one attached hydrogen (secondary N) is 1. The second-order valence-corrected chi connectivity index (χ2v) is 4.63. The van der Waals surface area contributed by atoms with Gasteiger partial charge in [0.05, 0.1) is 6.54 Å². The Hall–Kier alpha value is -0.610. The van der Waals surface area contributed by atoms with Crippen LogP contribution in [-0.4, -0.2) is 62.5 Å². The number of carbonyl (C=O) groups is 1.